The molecule has 1 fully saturated rings. The van der Waals surface area contributed by atoms with Crippen molar-refractivity contribution in [2.75, 3.05) is 5.32 Å². The van der Waals surface area contributed by atoms with E-state index in [0.717, 1.165) is 16.4 Å². The molecular formula is C14H15FN2S. The van der Waals surface area contributed by atoms with Crippen LogP contribution in [0, 0.1) is 5.82 Å². The van der Waals surface area contributed by atoms with E-state index in [1.807, 2.05) is 5.38 Å². The van der Waals surface area contributed by atoms with Gasteiger partial charge in [-0.1, -0.05) is 12.8 Å². The summed E-state index contributed by atoms with van der Waals surface area (Å²) in [6.07, 6.45) is 5.11. The van der Waals surface area contributed by atoms with Gasteiger partial charge in [0.15, 0.2) is 5.13 Å². The van der Waals surface area contributed by atoms with E-state index in [1.165, 1.54) is 37.8 Å². The van der Waals surface area contributed by atoms with Gasteiger partial charge in [-0.3, -0.25) is 0 Å². The quantitative estimate of drug-likeness (QED) is 0.891. The second-order valence-electron chi connectivity index (χ2n) is 4.67. The largest absolute Gasteiger partial charge is 0.359 e. The smallest absolute Gasteiger partial charge is 0.183 e. The van der Waals surface area contributed by atoms with Crippen LogP contribution in [0.2, 0.25) is 0 Å². The second kappa shape index (κ2) is 5.06. The van der Waals surface area contributed by atoms with E-state index in [4.69, 9.17) is 0 Å². The Balaban J connectivity index is 1.74. The lowest BCUT2D eigenvalue weighted by atomic mass is 10.2. The molecule has 1 aromatic carbocycles. The van der Waals surface area contributed by atoms with E-state index in [-0.39, 0.29) is 5.82 Å². The molecule has 0 saturated heterocycles. The lowest BCUT2D eigenvalue weighted by molar-refractivity contribution is 0.628. The van der Waals surface area contributed by atoms with Gasteiger partial charge in [0.25, 0.3) is 0 Å². The van der Waals surface area contributed by atoms with Crippen LogP contribution in [0.25, 0.3) is 11.3 Å². The molecule has 94 valence electrons. The standard InChI is InChI=1S/C14H15FN2S/c15-11-7-5-10(6-8-11)13-9-18-14(17-13)16-12-3-1-2-4-12/h5-9,12H,1-4H2,(H,16,17). The Hall–Kier alpha value is -1.42. The maximum Gasteiger partial charge on any atom is 0.183 e. The van der Waals surface area contributed by atoms with E-state index in [1.54, 1.807) is 23.5 Å². The molecule has 0 atom stereocenters. The van der Waals surface area contributed by atoms with Crippen molar-refractivity contribution in [1.29, 1.82) is 0 Å². The zero-order valence-electron chi connectivity index (χ0n) is 10.0. The molecule has 2 aromatic rings. The number of thiazole rings is 1. The summed E-state index contributed by atoms with van der Waals surface area (Å²) in [6.45, 7) is 0. The third-order valence-corrected chi connectivity index (χ3v) is 4.10. The number of benzene rings is 1. The molecule has 4 heteroatoms. The van der Waals surface area contributed by atoms with Crippen molar-refractivity contribution < 1.29 is 4.39 Å². The second-order valence-corrected chi connectivity index (χ2v) is 5.53. The number of anilines is 1. The van der Waals surface area contributed by atoms with Crippen LogP contribution in [0.1, 0.15) is 25.7 Å². The van der Waals surface area contributed by atoms with E-state index in [9.17, 15) is 4.39 Å². The molecule has 1 aliphatic carbocycles. The minimum absolute atomic E-state index is 0.210. The summed E-state index contributed by atoms with van der Waals surface area (Å²) in [4.78, 5) is 4.56. The molecule has 0 radical (unpaired) electrons. The summed E-state index contributed by atoms with van der Waals surface area (Å²) in [5.74, 6) is -0.210. The molecule has 1 N–H and O–H groups in total. The topological polar surface area (TPSA) is 24.9 Å². The lowest BCUT2D eigenvalue weighted by Crippen LogP contribution is -2.13. The maximum absolute atomic E-state index is 12.8. The van der Waals surface area contributed by atoms with Gasteiger partial charge >= 0.3 is 0 Å². The average Bonchev–Trinajstić information content (AvgIpc) is 3.02. The summed E-state index contributed by atoms with van der Waals surface area (Å²) >= 11 is 1.62. The van der Waals surface area contributed by atoms with E-state index in [2.05, 4.69) is 10.3 Å². The van der Waals surface area contributed by atoms with Crippen LogP contribution in [-0.4, -0.2) is 11.0 Å². The normalized spacial score (nSPS) is 16.1. The summed E-state index contributed by atoms with van der Waals surface area (Å²) in [5.41, 5.74) is 1.88. The molecule has 1 aliphatic rings. The van der Waals surface area contributed by atoms with Crippen LogP contribution in [0.3, 0.4) is 0 Å². The Bertz CT molecular complexity index is 515. The molecule has 3 rings (SSSR count). The zero-order valence-corrected chi connectivity index (χ0v) is 10.8. The first kappa shape index (κ1) is 11.7. The van der Waals surface area contributed by atoms with Gasteiger partial charge in [0.05, 0.1) is 5.69 Å². The van der Waals surface area contributed by atoms with Crippen LogP contribution < -0.4 is 5.32 Å². The van der Waals surface area contributed by atoms with Crippen LogP contribution in [-0.2, 0) is 0 Å². The average molecular weight is 262 g/mol. The monoisotopic (exact) mass is 262 g/mol. The molecule has 0 unspecified atom stereocenters. The van der Waals surface area contributed by atoms with Crippen molar-refractivity contribution in [1.82, 2.24) is 4.98 Å². The third-order valence-electron chi connectivity index (χ3n) is 3.33. The van der Waals surface area contributed by atoms with Crippen molar-refractivity contribution in [3.05, 3.63) is 35.5 Å². The van der Waals surface area contributed by atoms with E-state index < -0.39 is 0 Å². The Kier molecular flexibility index (Phi) is 3.28. The molecule has 0 bridgehead atoms. The first-order valence-electron chi connectivity index (χ1n) is 6.29. The predicted octanol–water partition coefficient (Wildman–Crippen LogP) is 4.30. The number of nitrogens with one attached hydrogen (secondary N) is 1. The molecule has 1 heterocycles. The Labute approximate surface area is 110 Å². The molecule has 0 amide bonds. The van der Waals surface area contributed by atoms with Crippen LogP contribution in [0.4, 0.5) is 9.52 Å². The van der Waals surface area contributed by atoms with Crippen molar-refractivity contribution in [2.45, 2.75) is 31.7 Å². The van der Waals surface area contributed by atoms with Crippen molar-refractivity contribution in [3.8, 4) is 11.3 Å². The first-order chi connectivity index (χ1) is 8.81. The fraction of sp³-hybridized carbons (Fsp3) is 0.357. The van der Waals surface area contributed by atoms with Gasteiger partial charge in [-0.05, 0) is 37.1 Å². The Morgan fingerprint density at radius 2 is 1.89 bits per heavy atom. The highest BCUT2D eigenvalue weighted by Gasteiger charge is 2.16. The number of hydrogen-bond donors (Lipinski definition) is 1. The van der Waals surface area contributed by atoms with Gasteiger partial charge in [0.2, 0.25) is 0 Å². The highest BCUT2D eigenvalue weighted by molar-refractivity contribution is 7.14. The molecule has 0 aliphatic heterocycles. The number of halogens is 1. The van der Waals surface area contributed by atoms with Gasteiger partial charge in [-0.2, -0.15) is 0 Å². The summed E-state index contributed by atoms with van der Waals surface area (Å²) in [5, 5.41) is 6.47. The third kappa shape index (κ3) is 2.53. The number of nitrogens with zero attached hydrogens (tertiary/aromatic N) is 1. The Morgan fingerprint density at radius 1 is 1.17 bits per heavy atom. The minimum Gasteiger partial charge on any atom is -0.359 e. The van der Waals surface area contributed by atoms with Crippen molar-refractivity contribution in [2.24, 2.45) is 0 Å². The van der Waals surface area contributed by atoms with Gasteiger partial charge in [-0.25, -0.2) is 9.37 Å². The molecule has 18 heavy (non-hydrogen) atoms. The fourth-order valence-electron chi connectivity index (χ4n) is 2.34. The first-order valence-corrected chi connectivity index (χ1v) is 7.17. The van der Waals surface area contributed by atoms with Gasteiger partial charge in [-0.15, -0.1) is 11.3 Å². The number of rotatable bonds is 3. The predicted molar refractivity (Wildman–Crippen MR) is 73.4 cm³/mol. The zero-order chi connectivity index (χ0) is 12.4. The molecular weight excluding hydrogens is 247 g/mol. The lowest BCUT2D eigenvalue weighted by Gasteiger charge is -2.09. The van der Waals surface area contributed by atoms with Crippen molar-refractivity contribution >= 4 is 16.5 Å². The van der Waals surface area contributed by atoms with Gasteiger partial charge in [0.1, 0.15) is 5.82 Å². The SMILES string of the molecule is Fc1ccc(-c2csc(NC3CCCC3)n2)cc1. The highest BCUT2D eigenvalue weighted by atomic mass is 32.1. The Morgan fingerprint density at radius 3 is 2.61 bits per heavy atom. The minimum atomic E-state index is -0.210. The van der Waals surface area contributed by atoms with E-state index in [0.29, 0.717) is 6.04 Å². The number of aromatic nitrogens is 1. The number of hydrogen-bond acceptors (Lipinski definition) is 3. The van der Waals surface area contributed by atoms with E-state index >= 15 is 0 Å². The summed E-state index contributed by atoms with van der Waals surface area (Å²) in [6, 6.07) is 7.06. The van der Waals surface area contributed by atoms with Crippen LogP contribution in [0.15, 0.2) is 29.6 Å². The van der Waals surface area contributed by atoms with Gasteiger partial charge < -0.3 is 5.32 Å². The maximum atomic E-state index is 12.8. The summed E-state index contributed by atoms with van der Waals surface area (Å²) < 4.78 is 12.8. The molecule has 1 aromatic heterocycles. The molecule has 2 nitrogen and oxygen atoms in total. The van der Waals surface area contributed by atoms with Crippen molar-refractivity contribution in [3.63, 3.8) is 0 Å². The molecule has 0 spiro atoms. The van der Waals surface area contributed by atoms with Crippen LogP contribution >= 0.6 is 11.3 Å². The highest BCUT2D eigenvalue weighted by Crippen LogP contribution is 2.28. The van der Waals surface area contributed by atoms with Gasteiger partial charge in [0, 0.05) is 17.0 Å². The fourth-order valence-corrected chi connectivity index (χ4v) is 3.14. The van der Waals surface area contributed by atoms with Crippen LogP contribution in [0.5, 0.6) is 0 Å². The summed E-state index contributed by atoms with van der Waals surface area (Å²) in [7, 11) is 0. The molecule has 1 saturated carbocycles.